The summed E-state index contributed by atoms with van der Waals surface area (Å²) in [6.45, 7) is 0.477. The average Bonchev–Trinajstić information content (AvgIpc) is 2.90. The molecule has 0 spiro atoms. The normalized spacial score (nSPS) is 10.1. The lowest BCUT2D eigenvalue weighted by molar-refractivity contribution is -0.120. The molecule has 2 N–H and O–H groups in total. The molecule has 0 fully saturated rings. The van der Waals surface area contributed by atoms with Gasteiger partial charge in [-0.1, -0.05) is 18.2 Å². The molecule has 1 aromatic carbocycles. The molecule has 0 atom stereocenters. The number of amides is 1. The minimum absolute atomic E-state index is 0.0410. The van der Waals surface area contributed by atoms with Gasteiger partial charge in [-0.2, -0.15) is 5.10 Å². The van der Waals surface area contributed by atoms with E-state index in [9.17, 15) is 4.79 Å². The van der Waals surface area contributed by atoms with Crippen molar-refractivity contribution in [3.8, 4) is 5.75 Å². The van der Waals surface area contributed by atoms with Crippen molar-refractivity contribution in [1.82, 2.24) is 15.5 Å². The summed E-state index contributed by atoms with van der Waals surface area (Å²) in [5, 5.41) is 9.35. The number of rotatable bonds is 5. The minimum atomic E-state index is -0.0410. The van der Waals surface area contributed by atoms with Crippen LogP contribution in [0.3, 0.4) is 0 Å². The van der Waals surface area contributed by atoms with E-state index in [1.165, 1.54) is 0 Å². The SMILES string of the molecule is COc1ccccc1CC(=O)NCc1cn[nH]c1. The third-order valence-corrected chi connectivity index (χ3v) is 2.59. The Bertz CT molecular complexity index is 509. The summed E-state index contributed by atoms with van der Waals surface area (Å²) in [6.07, 6.45) is 3.74. The van der Waals surface area contributed by atoms with Gasteiger partial charge in [0.1, 0.15) is 5.75 Å². The highest BCUT2D eigenvalue weighted by atomic mass is 16.5. The number of H-pyrrole nitrogens is 1. The molecule has 1 amide bonds. The molecule has 1 heterocycles. The average molecular weight is 245 g/mol. The monoisotopic (exact) mass is 245 g/mol. The number of hydrogen-bond acceptors (Lipinski definition) is 3. The van der Waals surface area contributed by atoms with Gasteiger partial charge in [-0.15, -0.1) is 0 Å². The number of para-hydroxylation sites is 1. The molecule has 0 aliphatic heterocycles. The number of nitrogens with zero attached hydrogens (tertiary/aromatic N) is 1. The van der Waals surface area contributed by atoms with E-state index in [4.69, 9.17) is 4.74 Å². The first-order valence-corrected chi connectivity index (χ1v) is 5.66. The molecular weight excluding hydrogens is 230 g/mol. The number of carbonyl (C=O) groups is 1. The van der Waals surface area contributed by atoms with Gasteiger partial charge in [-0.05, 0) is 6.07 Å². The lowest BCUT2D eigenvalue weighted by Crippen LogP contribution is -2.24. The Labute approximate surface area is 105 Å². The number of nitrogens with one attached hydrogen (secondary N) is 2. The summed E-state index contributed by atoms with van der Waals surface area (Å²) in [4.78, 5) is 11.8. The van der Waals surface area contributed by atoms with Crippen LogP contribution in [0.25, 0.3) is 0 Å². The fourth-order valence-electron chi connectivity index (χ4n) is 1.66. The Hall–Kier alpha value is -2.30. The zero-order chi connectivity index (χ0) is 12.8. The zero-order valence-corrected chi connectivity index (χ0v) is 10.1. The third kappa shape index (κ3) is 3.10. The maximum Gasteiger partial charge on any atom is 0.224 e. The van der Waals surface area contributed by atoms with Crippen molar-refractivity contribution in [2.24, 2.45) is 0 Å². The van der Waals surface area contributed by atoms with Gasteiger partial charge in [0.2, 0.25) is 5.91 Å². The van der Waals surface area contributed by atoms with E-state index in [1.54, 1.807) is 19.5 Å². The van der Waals surface area contributed by atoms with Gasteiger partial charge >= 0.3 is 0 Å². The number of carbonyl (C=O) groups excluding carboxylic acids is 1. The first-order chi connectivity index (χ1) is 8.79. The van der Waals surface area contributed by atoms with Gasteiger partial charge in [0, 0.05) is 23.9 Å². The first kappa shape index (κ1) is 12.2. The van der Waals surface area contributed by atoms with Crippen molar-refractivity contribution >= 4 is 5.91 Å². The molecule has 18 heavy (non-hydrogen) atoms. The smallest absolute Gasteiger partial charge is 0.224 e. The molecule has 5 heteroatoms. The fourth-order valence-corrected chi connectivity index (χ4v) is 1.66. The number of hydrogen-bond donors (Lipinski definition) is 2. The largest absolute Gasteiger partial charge is 0.496 e. The van der Waals surface area contributed by atoms with Crippen molar-refractivity contribution in [1.29, 1.82) is 0 Å². The molecule has 2 rings (SSSR count). The second-order valence-corrected chi connectivity index (χ2v) is 3.87. The van der Waals surface area contributed by atoms with E-state index >= 15 is 0 Å². The first-order valence-electron chi connectivity index (χ1n) is 5.66. The van der Waals surface area contributed by atoms with E-state index < -0.39 is 0 Å². The summed E-state index contributed by atoms with van der Waals surface area (Å²) in [5.74, 6) is 0.691. The maximum atomic E-state index is 11.8. The summed E-state index contributed by atoms with van der Waals surface area (Å²) >= 11 is 0. The number of aromatic nitrogens is 2. The highest BCUT2D eigenvalue weighted by molar-refractivity contribution is 5.79. The van der Waals surface area contributed by atoms with E-state index in [-0.39, 0.29) is 5.91 Å². The van der Waals surface area contributed by atoms with Gasteiger partial charge in [0.05, 0.1) is 19.7 Å². The lowest BCUT2D eigenvalue weighted by Gasteiger charge is -2.08. The second-order valence-electron chi connectivity index (χ2n) is 3.87. The van der Waals surface area contributed by atoms with Crippen LogP contribution in [0.4, 0.5) is 0 Å². The molecule has 0 saturated carbocycles. The molecule has 0 aliphatic carbocycles. The molecule has 94 valence electrons. The van der Waals surface area contributed by atoms with Crippen LogP contribution in [-0.4, -0.2) is 23.2 Å². The van der Waals surface area contributed by atoms with Crippen LogP contribution in [0.1, 0.15) is 11.1 Å². The van der Waals surface area contributed by atoms with Crippen LogP contribution in [0, 0.1) is 0 Å². The maximum absolute atomic E-state index is 11.8. The zero-order valence-electron chi connectivity index (χ0n) is 10.1. The van der Waals surface area contributed by atoms with E-state index in [2.05, 4.69) is 15.5 Å². The summed E-state index contributed by atoms with van der Waals surface area (Å²) in [5.41, 5.74) is 1.83. The van der Waals surface area contributed by atoms with Crippen LogP contribution in [-0.2, 0) is 17.8 Å². The van der Waals surface area contributed by atoms with Crippen molar-refractivity contribution in [3.05, 3.63) is 47.8 Å². The van der Waals surface area contributed by atoms with Crippen LogP contribution >= 0.6 is 0 Å². The molecule has 0 aliphatic rings. The lowest BCUT2D eigenvalue weighted by atomic mass is 10.1. The van der Waals surface area contributed by atoms with Gasteiger partial charge in [0.25, 0.3) is 0 Å². The molecule has 1 aromatic heterocycles. The summed E-state index contributed by atoms with van der Waals surface area (Å²) < 4.78 is 5.20. The molecule has 2 aromatic rings. The molecule has 0 saturated heterocycles. The van der Waals surface area contributed by atoms with Crippen LogP contribution in [0.15, 0.2) is 36.7 Å². The highest BCUT2D eigenvalue weighted by Gasteiger charge is 2.07. The molecule has 5 nitrogen and oxygen atoms in total. The molecular formula is C13H15N3O2. The van der Waals surface area contributed by atoms with E-state index in [0.717, 1.165) is 16.9 Å². The number of methoxy groups -OCH3 is 1. The van der Waals surface area contributed by atoms with Crippen molar-refractivity contribution in [2.45, 2.75) is 13.0 Å². The minimum Gasteiger partial charge on any atom is -0.496 e. The predicted molar refractivity (Wildman–Crippen MR) is 67.1 cm³/mol. The summed E-state index contributed by atoms with van der Waals surface area (Å²) in [6, 6.07) is 7.50. The molecule has 0 bridgehead atoms. The fraction of sp³-hybridized carbons (Fsp3) is 0.231. The number of ether oxygens (including phenoxy) is 1. The summed E-state index contributed by atoms with van der Waals surface area (Å²) in [7, 11) is 1.60. The Balaban J connectivity index is 1.90. The van der Waals surface area contributed by atoms with E-state index in [0.29, 0.717) is 13.0 Å². The van der Waals surface area contributed by atoms with Gasteiger partial charge in [0.15, 0.2) is 0 Å². The number of benzene rings is 1. The van der Waals surface area contributed by atoms with Gasteiger partial charge in [-0.3, -0.25) is 9.89 Å². The Morgan fingerprint density at radius 3 is 3.00 bits per heavy atom. The second kappa shape index (κ2) is 5.86. The molecule has 0 unspecified atom stereocenters. The highest BCUT2D eigenvalue weighted by Crippen LogP contribution is 2.17. The van der Waals surface area contributed by atoms with Crippen molar-refractivity contribution < 1.29 is 9.53 Å². The van der Waals surface area contributed by atoms with Crippen molar-refractivity contribution in [3.63, 3.8) is 0 Å². The Morgan fingerprint density at radius 1 is 1.44 bits per heavy atom. The van der Waals surface area contributed by atoms with Crippen LogP contribution in [0.5, 0.6) is 5.75 Å². The third-order valence-electron chi connectivity index (χ3n) is 2.59. The van der Waals surface area contributed by atoms with Crippen LogP contribution in [0.2, 0.25) is 0 Å². The van der Waals surface area contributed by atoms with Crippen LogP contribution < -0.4 is 10.1 Å². The quantitative estimate of drug-likeness (QED) is 0.833. The van der Waals surface area contributed by atoms with E-state index in [1.807, 2.05) is 24.3 Å². The number of aromatic amines is 1. The van der Waals surface area contributed by atoms with Gasteiger partial charge in [-0.25, -0.2) is 0 Å². The Morgan fingerprint density at radius 2 is 2.28 bits per heavy atom. The predicted octanol–water partition coefficient (Wildman–Crippen LogP) is 1.28. The standard InChI is InChI=1S/C13H15N3O2/c1-18-12-5-3-2-4-11(12)6-13(17)14-7-10-8-15-16-9-10/h2-5,8-9H,6-7H2,1H3,(H,14,17)(H,15,16). The Kier molecular flexibility index (Phi) is 3.96. The van der Waals surface area contributed by atoms with Gasteiger partial charge < -0.3 is 10.1 Å². The molecule has 0 radical (unpaired) electrons. The topological polar surface area (TPSA) is 67.0 Å². The van der Waals surface area contributed by atoms with Crippen molar-refractivity contribution in [2.75, 3.05) is 7.11 Å².